The van der Waals surface area contributed by atoms with Crippen LogP contribution in [0.5, 0.6) is 0 Å². The van der Waals surface area contributed by atoms with Crippen molar-refractivity contribution in [3.63, 3.8) is 0 Å². The maximum atomic E-state index is 12.0. The summed E-state index contributed by atoms with van der Waals surface area (Å²) in [6, 6.07) is 6.23. The van der Waals surface area contributed by atoms with Crippen molar-refractivity contribution < 1.29 is 17.9 Å². The molecular formula is C11H13NO4S. The Morgan fingerprint density at radius 2 is 2.00 bits per heavy atom. The quantitative estimate of drug-likeness (QED) is 0.749. The van der Waals surface area contributed by atoms with Gasteiger partial charge in [-0.15, -0.1) is 0 Å². The molecule has 0 N–H and O–H groups in total. The van der Waals surface area contributed by atoms with Crippen LogP contribution in [0.2, 0.25) is 0 Å². The van der Waals surface area contributed by atoms with Gasteiger partial charge in [0.2, 0.25) is 0 Å². The smallest absolute Gasteiger partial charge is 0.269 e. The Morgan fingerprint density at radius 1 is 1.29 bits per heavy atom. The summed E-state index contributed by atoms with van der Waals surface area (Å²) in [6.45, 7) is 2.59. The fraction of sp³-hybridized carbons (Fsp3) is 0.364. The number of ether oxygens (including phenoxy) is 1. The maximum absolute atomic E-state index is 12.0. The number of fused-ring (bicyclic) bond motifs is 1. The van der Waals surface area contributed by atoms with Crippen molar-refractivity contribution >= 4 is 15.9 Å². The molecule has 0 saturated heterocycles. The zero-order valence-electron chi connectivity index (χ0n) is 9.42. The third-order valence-corrected chi connectivity index (χ3v) is 4.40. The highest BCUT2D eigenvalue weighted by Crippen LogP contribution is 2.29. The molecule has 17 heavy (non-hydrogen) atoms. The van der Waals surface area contributed by atoms with Crippen LogP contribution >= 0.6 is 0 Å². The van der Waals surface area contributed by atoms with Gasteiger partial charge in [0, 0.05) is 6.61 Å². The number of amides is 1. The molecule has 0 fully saturated rings. The van der Waals surface area contributed by atoms with E-state index in [2.05, 4.69) is 0 Å². The van der Waals surface area contributed by atoms with Crippen LogP contribution in [0.1, 0.15) is 17.3 Å². The molecule has 1 amide bonds. The van der Waals surface area contributed by atoms with Gasteiger partial charge in [-0.25, -0.2) is 12.7 Å². The van der Waals surface area contributed by atoms with Crippen molar-refractivity contribution in [2.24, 2.45) is 0 Å². The van der Waals surface area contributed by atoms with Crippen molar-refractivity contribution in [2.75, 3.05) is 19.8 Å². The summed E-state index contributed by atoms with van der Waals surface area (Å²) in [5.41, 5.74) is 0.240. The largest absolute Gasteiger partial charge is 0.380 e. The lowest BCUT2D eigenvalue weighted by atomic mass is 10.2. The lowest BCUT2D eigenvalue weighted by Gasteiger charge is -2.14. The van der Waals surface area contributed by atoms with Crippen molar-refractivity contribution in [1.29, 1.82) is 0 Å². The van der Waals surface area contributed by atoms with Crippen molar-refractivity contribution in [3.8, 4) is 0 Å². The minimum atomic E-state index is -3.67. The summed E-state index contributed by atoms with van der Waals surface area (Å²) in [5, 5.41) is 0. The Kier molecular flexibility index (Phi) is 3.17. The van der Waals surface area contributed by atoms with E-state index in [0.29, 0.717) is 6.61 Å². The van der Waals surface area contributed by atoms with Crippen LogP contribution in [0, 0.1) is 0 Å². The molecule has 1 aliphatic heterocycles. The summed E-state index contributed by atoms with van der Waals surface area (Å²) in [5.74, 6) is -0.472. The second-order valence-corrected chi connectivity index (χ2v) is 5.41. The molecule has 0 unspecified atom stereocenters. The van der Waals surface area contributed by atoms with Gasteiger partial charge in [0.25, 0.3) is 15.9 Å². The Labute approximate surface area is 100 Å². The number of carbonyl (C=O) groups is 1. The van der Waals surface area contributed by atoms with E-state index in [9.17, 15) is 13.2 Å². The van der Waals surface area contributed by atoms with E-state index in [0.717, 1.165) is 4.31 Å². The fourth-order valence-corrected chi connectivity index (χ4v) is 3.30. The predicted octanol–water partition coefficient (Wildman–Crippen LogP) is 0.868. The first-order valence-electron chi connectivity index (χ1n) is 5.33. The molecule has 2 rings (SSSR count). The number of sulfonamides is 1. The number of rotatable bonds is 4. The summed E-state index contributed by atoms with van der Waals surface area (Å²) in [4.78, 5) is 12.0. The van der Waals surface area contributed by atoms with Crippen LogP contribution in [0.3, 0.4) is 0 Å². The normalized spacial score (nSPS) is 17.2. The van der Waals surface area contributed by atoms with Crippen LogP contribution in [0.15, 0.2) is 29.2 Å². The van der Waals surface area contributed by atoms with Gasteiger partial charge in [-0.3, -0.25) is 4.79 Å². The fourth-order valence-electron chi connectivity index (χ4n) is 1.74. The van der Waals surface area contributed by atoms with Gasteiger partial charge in [-0.2, -0.15) is 0 Å². The van der Waals surface area contributed by atoms with Crippen molar-refractivity contribution in [3.05, 3.63) is 29.8 Å². The number of nitrogens with zero attached hydrogens (tertiary/aromatic N) is 1. The zero-order chi connectivity index (χ0) is 12.5. The number of hydrogen-bond donors (Lipinski definition) is 0. The second kappa shape index (κ2) is 4.46. The minimum absolute atomic E-state index is 0.0592. The number of benzene rings is 1. The summed E-state index contributed by atoms with van der Waals surface area (Å²) in [7, 11) is -3.67. The van der Waals surface area contributed by atoms with Crippen LogP contribution in [0.25, 0.3) is 0 Å². The van der Waals surface area contributed by atoms with Crippen LogP contribution in [0.4, 0.5) is 0 Å². The summed E-state index contributed by atoms with van der Waals surface area (Å²) < 4.78 is 30.0. The molecule has 92 valence electrons. The van der Waals surface area contributed by atoms with Crippen LogP contribution < -0.4 is 0 Å². The topological polar surface area (TPSA) is 63.7 Å². The molecule has 0 aliphatic carbocycles. The van der Waals surface area contributed by atoms with Gasteiger partial charge in [0.15, 0.2) is 0 Å². The molecular weight excluding hydrogens is 242 g/mol. The van der Waals surface area contributed by atoms with Gasteiger partial charge < -0.3 is 4.74 Å². The number of carbonyl (C=O) groups excluding carboxylic acids is 1. The molecule has 5 nitrogen and oxygen atoms in total. The molecule has 1 aromatic carbocycles. The first kappa shape index (κ1) is 12.1. The van der Waals surface area contributed by atoms with Gasteiger partial charge >= 0.3 is 0 Å². The summed E-state index contributed by atoms with van der Waals surface area (Å²) in [6.07, 6.45) is 0. The van der Waals surface area contributed by atoms with Crippen molar-refractivity contribution in [1.82, 2.24) is 4.31 Å². The first-order chi connectivity index (χ1) is 8.09. The van der Waals surface area contributed by atoms with E-state index in [4.69, 9.17) is 4.74 Å². The molecule has 1 aliphatic rings. The SMILES string of the molecule is CCOCCN1C(=O)c2ccccc2S1(=O)=O. The average molecular weight is 255 g/mol. The van der Waals surface area contributed by atoms with E-state index < -0.39 is 15.9 Å². The molecule has 0 saturated carbocycles. The molecule has 0 spiro atoms. The maximum Gasteiger partial charge on any atom is 0.269 e. The molecule has 0 bridgehead atoms. The van der Waals surface area contributed by atoms with Crippen LogP contribution in [-0.4, -0.2) is 38.4 Å². The zero-order valence-corrected chi connectivity index (χ0v) is 10.2. The highest BCUT2D eigenvalue weighted by atomic mass is 32.2. The van der Waals surface area contributed by atoms with E-state index in [1.165, 1.54) is 12.1 Å². The molecule has 0 aromatic heterocycles. The molecule has 1 aromatic rings. The van der Waals surface area contributed by atoms with Gasteiger partial charge in [0.05, 0.1) is 18.7 Å². The molecule has 0 atom stereocenters. The first-order valence-corrected chi connectivity index (χ1v) is 6.77. The summed E-state index contributed by atoms with van der Waals surface area (Å²) >= 11 is 0. The second-order valence-electron chi connectivity index (χ2n) is 3.58. The molecule has 1 heterocycles. The average Bonchev–Trinajstić information content (AvgIpc) is 2.51. The van der Waals surface area contributed by atoms with E-state index in [1.807, 2.05) is 6.92 Å². The van der Waals surface area contributed by atoms with Gasteiger partial charge in [0.1, 0.15) is 4.90 Å². The monoisotopic (exact) mass is 255 g/mol. The predicted molar refractivity (Wildman–Crippen MR) is 61.2 cm³/mol. The Morgan fingerprint density at radius 3 is 2.65 bits per heavy atom. The van der Waals surface area contributed by atoms with E-state index in [-0.39, 0.29) is 23.6 Å². The lowest BCUT2D eigenvalue weighted by Crippen LogP contribution is -2.33. The van der Waals surface area contributed by atoms with Gasteiger partial charge in [-0.1, -0.05) is 12.1 Å². The highest BCUT2D eigenvalue weighted by molar-refractivity contribution is 7.90. The third kappa shape index (κ3) is 1.94. The standard InChI is InChI=1S/C11H13NO4S/c1-2-16-8-7-12-11(13)9-5-3-4-6-10(9)17(12,14)15/h3-6H,2,7-8H2,1H3. The molecule has 0 radical (unpaired) electrons. The van der Waals surface area contributed by atoms with Crippen LogP contribution in [-0.2, 0) is 14.8 Å². The Balaban J connectivity index is 2.31. The Hall–Kier alpha value is -1.40. The minimum Gasteiger partial charge on any atom is -0.380 e. The lowest BCUT2D eigenvalue weighted by molar-refractivity contribution is 0.0810. The van der Waals surface area contributed by atoms with E-state index >= 15 is 0 Å². The third-order valence-electron chi connectivity index (χ3n) is 2.55. The number of hydrogen-bond acceptors (Lipinski definition) is 4. The van der Waals surface area contributed by atoms with Gasteiger partial charge in [-0.05, 0) is 19.1 Å². The molecule has 6 heteroatoms. The Bertz CT molecular complexity index is 538. The van der Waals surface area contributed by atoms with Crippen molar-refractivity contribution in [2.45, 2.75) is 11.8 Å². The van der Waals surface area contributed by atoms with E-state index in [1.54, 1.807) is 12.1 Å². The highest BCUT2D eigenvalue weighted by Gasteiger charge is 2.40.